The van der Waals surface area contributed by atoms with Crippen molar-refractivity contribution in [3.05, 3.63) is 60.0 Å². The van der Waals surface area contributed by atoms with Crippen LogP contribution < -0.4 is 16.2 Å². The van der Waals surface area contributed by atoms with Crippen molar-refractivity contribution in [2.45, 2.75) is 6.92 Å². The van der Waals surface area contributed by atoms with Gasteiger partial charge in [0.1, 0.15) is 0 Å². The fourth-order valence-electron chi connectivity index (χ4n) is 2.04. The third-order valence-electron chi connectivity index (χ3n) is 3.09. The Kier molecular flexibility index (Phi) is 4.54. The van der Waals surface area contributed by atoms with Crippen molar-refractivity contribution >= 4 is 33.8 Å². The number of hydrogen-bond acceptors (Lipinski definition) is 5. The summed E-state index contributed by atoms with van der Waals surface area (Å²) in [7, 11) is 0. The number of para-hydroxylation sites is 1. The first-order valence-corrected chi connectivity index (χ1v) is 7.99. The maximum absolute atomic E-state index is 11.0. The van der Waals surface area contributed by atoms with Gasteiger partial charge in [0.15, 0.2) is 0 Å². The van der Waals surface area contributed by atoms with E-state index in [9.17, 15) is 4.79 Å². The van der Waals surface area contributed by atoms with Crippen LogP contribution in [0.4, 0.5) is 16.5 Å². The Balaban J connectivity index is 1.65. The maximum Gasteiger partial charge on any atom is 0.221 e. The molecular weight excluding hydrogens is 308 g/mol. The number of amides is 1. The van der Waals surface area contributed by atoms with Crippen molar-refractivity contribution in [3.8, 4) is 11.3 Å². The van der Waals surface area contributed by atoms with Crippen molar-refractivity contribution in [3.63, 3.8) is 0 Å². The molecule has 1 amide bonds. The van der Waals surface area contributed by atoms with Gasteiger partial charge in [-0.3, -0.25) is 15.6 Å². The summed E-state index contributed by atoms with van der Waals surface area (Å²) in [5.74, 6) is -0.0788. The first-order valence-electron chi connectivity index (χ1n) is 7.11. The van der Waals surface area contributed by atoms with E-state index in [-0.39, 0.29) is 5.91 Å². The average Bonchev–Trinajstić information content (AvgIpc) is 3.03. The minimum atomic E-state index is -0.0788. The Hall–Kier alpha value is -2.86. The number of anilines is 3. The van der Waals surface area contributed by atoms with Crippen LogP contribution in [0.2, 0.25) is 0 Å². The van der Waals surface area contributed by atoms with E-state index < -0.39 is 0 Å². The summed E-state index contributed by atoms with van der Waals surface area (Å²) in [5, 5.41) is 5.52. The molecule has 1 aromatic heterocycles. The SMILES string of the molecule is CC(=O)Nc1ccc(-c2csc(NNc3ccccc3)n2)cc1. The molecule has 3 rings (SSSR count). The summed E-state index contributed by atoms with van der Waals surface area (Å²) in [6, 6.07) is 17.5. The highest BCUT2D eigenvalue weighted by Gasteiger charge is 2.05. The third kappa shape index (κ3) is 4.08. The highest BCUT2D eigenvalue weighted by atomic mass is 32.1. The van der Waals surface area contributed by atoms with E-state index in [1.54, 1.807) is 0 Å². The number of rotatable bonds is 5. The maximum atomic E-state index is 11.0. The molecule has 0 bridgehead atoms. The Morgan fingerprint density at radius 1 is 0.957 bits per heavy atom. The topological polar surface area (TPSA) is 66.1 Å². The lowest BCUT2D eigenvalue weighted by Gasteiger charge is -2.06. The molecule has 2 aromatic carbocycles. The van der Waals surface area contributed by atoms with Crippen molar-refractivity contribution in [2.75, 3.05) is 16.2 Å². The average molecular weight is 324 g/mol. The summed E-state index contributed by atoms with van der Waals surface area (Å²) in [4.78, 5) is 15.6. The minimum Gasteiger partial charge on any atom is -0.326 e. The van der Waals surface area contributed by atoms with Crippen LogP contribution in [0.25, 0.3) is 11.3 Å². The molecule has 3 aromatic rings. The lowest BCUT2D eigenvalue weighted by Crippen LogP contribution is -2.07. The number of carbonyl (C=O) groups excluding carboxylic acids is 1. The van der Waals surface area contributed by atoms with Gasteiger partial charge < -0.3 is 5.32 Å². The van der Waals surface area contributed by atoms with Crippen LogP contribution in [0.3, 0.4) is 0 Å². The highest BCUT2D eigenvalue weighted by Crippen LogP contribution is 2.26. The Morgan fingerprint density at radius 2 is 1.70 bits per heavy atom. The first-order chi connectivity index (χ1) is 11.2. The number of nitrogens with one attached hydrogen (secondary N) is 3. The standard InChI is InChI=1S/C17H16N4OS/c1-12(22)18-14-9-7-13(8-10-14)16-11-23-17(19-16)21-20-15-5-3-2-4-6-15/h2-11,20H,1H3,(H,18,22)(H,19,21). The fourth-order valence-corrected chi connectivity index (χ4v) is 2.71. The zero-order chi connectivity index (χ0) is 16.1. The predicted octanol–water partition coefficient (Wildman–Crippen LogP) is 4.21. The molecule has 1 heterocycles. The van der Waals surface area contributed by atoms with Gasteiger partial charge in [0.2, 0.25) is 11.0 Å². The van der Waals surface area contributed by atoms with Crippen LogP contribution in [0, 0.1) is 0 Å². The van der Waals surface area contributed by atoms with Crippen LogP contribution in [-0.2, 0) is 4.79 Å². The zero-order valence-corrected chi connectivity index (χ0v) is 13.4. The van der Waals surface area contributed by atoms with E-state index in [0.29, 0.717) is 0 Å². The lowest BCUT2D eigenvalue weighted by atomic mass is 10.1. The molecule has 0 aliphatic heterocycles. The number of aromatic nitrogens is 1. The molecule has 0 spiro atoms. The van der Waals surface area contributed by atoms with Crippen molar-refractivity contribution in [1.82, 2.24) is 4.98 Å². The lowest BCUT2D eigenvalue weighted by molar-refractivity contribution is -0.114. The third-order valence-corrected chi connectivity index (χ3v) is 3.85. The van der Waals surface area contributed by atoms with E-state index in [1.165, 1.54) is 18.3 Å². The number of hydrogen-bond donors (Lipinski definition) is 3. The molecule has 3 N–H and O–H groups in total. The van der Waals surface area contributed by atoms with Gasteiger partial charge in [-0.2, -0.15) is 0 Å². The highest BCUT2D eigenvalue weighted by molar-refractivity contribution is 7.14. The van der Waals surface area contributed by atoms with Gasteiger partial charge in [0, 0.05) is 23.6 Å². The molecule has 0 aliphatic carbocycles. The summed E-state index contributed by atoms with van der Waals surface area (Å²) in [6.45, 7) is 1.49. The summed E-state index contributed by atoms with van der Waals surface area (Å²) < 4.78 is 0. The second-order valence-electron chi connectivity index (χ2n) is 4.91. The van der Waals surface area contributed by atoms with Gasteiger partial charge in [-0.25, -0.2) is 4.98 Å². The van der Waals surface area contributed by atoms with Crippen molar-refractivity contribution in [1.29, 1.82) is 0 Å². The Morgan fingerprint density at radius 3 is 2.39 bits per heavy atom. The molecule has 0 saturated carbocycles. The summed E-state index contributed by atoms with van der Waals surface area (Å²) in [6.07, 6.45) is 0. The second-order valence-corrected chi connectivity index (χ2v) is 5.77. The molecular formula is C17H16N4OS. The van der Waals surface area contributed by atoms with Crippen LogP contribution in [0.15, 0.2) is 60.0 Å². The summed E-state index contributed by atoms with van der Waals surface area (Å²) in [5.41, 5.74) is 9.84. The van der Waals surface area contributed by atoms with Gasteiger partial charge in [-0.1, -0.05) is 30.3 Å². The molecule has 0 unspecified atom stereocenters. The molecule has 116 valence electrons. The summed E-state index contributed by atoms with van der Waals surface area (Å²) >= 11 is 1.52. The monoisotopic (exact) mass is 324 g/mol. The fraction of sp³-hybridized carbons (Fsp3) is 0.0588. The van der Waals surface area contributed by atoms with Crippen molar-refractivity contribution in [2.24, 2.45) is 0 Å². The van der Waals surface area contributed by atoms with Gasteiger partial charge in [-0.05, 0) is 24.3 Å². The van der Waals surface area contributed by atoms with E-state index >= 15 is 0 Å². The van der Waals surface area contributed by atoms with Gasteiger partial charge in [0.25, 0.3) is 0 Å². The quantitative estimate of drug-likeness (QED) is 0.615. The van der Waals surface area contributed by atoms with Crippen LogP contribution in [0.5, 0.6) is 0 Å². The normalized spacial score (nSPS) is 10.1. The molecule has 0 fully saturated rings. The minimum absolute atomic E-state index is 0.0788. The molecule has 0 atom stereocenters. The smallest absolute Gasteiger partial charge is 0.221 e. The van der Waals surface area contributed by atoms with Crippen molar-refractivity contribution < 1.29 is 4.79 Å². The zero-order valence-electron chi connectivity index (χ0n) is 12.5. The number of carbonyl (C=O) groups is 1. The van der Waals surface area contributed by atoms with E-state index in [1.807, 2.05) is 60.0 Å². The molecule has 23 heavy (non-hydrogen) atoms. The first kappa shape index (κ1) is 15.1. The molecule has 0 radical (unpaired) electrons. The Labute approximate surface area is 138 Å². The van der Waals surface area contributed by atoms with E-state index in [0.717, 1.165) is 27.8 Å². The van der Waals surface area contributed by atoms with E-state index in [2.05, 4.69) is 21.2 Å². The molecule has 0 aliphatic rings. The number of benzene rings is 2. The van der Waals surface area contributed by atoms with Gasteiger partial charge in [0.05, 0.1) is 11.4 Å². The van der Waals surface area contributed by atoms with Gasteiger partial charge >= 0.3 is 0 Å². The van der Waals surface area contributed by atoms with Gasteiger partial charge in [-0.15, -0.1) is 11.3 Å². The number of nitrogens with zero attached hydrogens (tertiary/aromatic N) is 1. The second kappa shape index (κ2) is 6.93. The molecule has 5 nitrogen and oxygen atoms in total. The Bertz CT molecular complexity index is 784. The molecule has 6 heteroatoms. The van der Waals surface area contributed by atoms with Crippen LogP contribution in [-0.4, -0.2) is 10.9 Å². The van der Waals surface area contributed by atoms with E-state index in [4.69, 9.17) is 0 Å². The largest absolute Gasteiger partial charge is 0.326 e. The van der Waals surface area contributed by atoms with Crippen LogP contribution >= 0.6 is 11.3 Å². The number of hydrazine groups is 1. The number of thiazole rings is 1. The van der Waals surface area contributed by atoms with Crippen LogP contribution in [0.1, 0.15) is 6.92 Å². The molecule has 0 saturated heterocycles. The predicted molar refractivity (Wildman–Crippen MR) is 95.5 cm³/mol.